The third-order valence-corrected chi connectivity index (χ3v) is 4.75. The molecule has 0 fully saturated rings. The van der Waals surface area contributed by atoms with Crippen molar-refractivity contribution in [3.05, 3.63) is 68.5 Å². The molecule has 0 atom stereocenters. The average Bonchev–Trinajstić information content (AvgIpc) is 2.52. The van der Waals surface area contributed by atoms with E-state index < -0.39 is 15.9 Å². The molecule has 0 saturated carbocycles. The topological polar surface area (TPSA) is 72.5 Å². The number of rotatable bonds is 5. The van der Waals surface area contributed by atoms with Gasteiger partial charge in [0.2, 0.25) is 0 Å². The maximum atomic E-state index is 12.1. The molecule has 0 bridgehead atoms. The minimum Gasteiger partial charge on any atom is -0.496 e. The normalized spacial score (nSPS) is 11.5. The van der Waals surface area contributed by atoms with Crippen LogP contribution in [0.4, 0.5) is 0 Å². The maximum absolute atomic E-state index is 12.1. The van der Waals surface area contributed by atoms with E-state index in [1.165, 1.54) is 25.3 Å². The lowest BCUT2D eigenvalue weighted by atomic mass is 10.2. The molecule has 0 aliphatic heterocycles. The zero-order valence-electron chi connectivity index (χ0n) is 12.5. The number of ether oxygens (including phenoxy) is 1. The van der Waals surface area contributed by atoms with Crippen molar-refractivity contribution in [2.75, 3.05) is 7.11 Å². The van der Waals surface area contributed by atoms with Crippen molar-refractivity contribution in [2.24, 2.45) is 0 Å². The molecule has 0 aliphatic rings. The number of nitrogens with one attached hydrogen (secondary N) is 1. The van der Waals surface area contributed by atoms with E-state index >= 15 is 0 Å². The molecule has 126 valence electrons. The summed E-state index contributed by atoms with van der Waals surface area (Å²) in [5, 5.41) is 1.04. The zero-order chi connectivity index (χ0) is 17.7. The fourth-order valence-electron chi connectivity index (χ4n) is 1.86. The van der Waals surface area contributed by atoms with Crippen molar-refractivity contribution < 1.29 is 17.9 Å². The number of hydrogen-bond acceptors (Lipinski definition) is 4. The van der Waals surface area contributed by atoms with Crippen LogP contribution in [0.15, 0.2) is 52.3 Å². The average molecular weight is 431 g/mol. The fourth-order valence-corrected chi connectivity index (χ4v) is 3.38. The van der Waals surface area contributed by atoms with Crippen LogP contribution < -0.4 is 9.46 Å². The quantitative estimate of drug-likeness (QED) is 0.782. The molecule has 0 radical (unpaired) electrons. The third kappa shape index (κ3) is 4.83. The van der Waals surface area contributed by atoms with Crippen molar-refractivity contribution >= 4 is 49.5 Å². The Hall–Kier alpha value is -1.83. The van der Waals surface area contributed by atoms with Crippen LogP contribution in [0.5, 0.6) is 5.75 Å². The molecule has 1 N–H and O–H groups in total. The first-order valence-corrected chi connectivity index (χ1v) is 9.37. The van der Waals surface area contributed by atoms with Crippen LogP contribution in [-0.4, -0.2) is 21.4 Å². The first kappa shape index (κ1) is 18.5. The van der Waals surface area contributed by atoms with Crippen LogP contribution in [-0.2, 0) is 10.0 Å². The summed E-state index contributed by atoms with van der Waals surface area (Å²) >= 11 is 9.16. The standard InChI is InChI=1S/C16H13BrClNO4S/c1-23-15-5-3-2-4-11(15)8-9-24(21,22)19-16(20)13-7-6-12(17)10-14(13)18/h2-10H,1H3,(H,19,20)/b9-8+. The van der Waals surface area contributed by atoms with E-state index in [-0.39, 0.29) is 10.6 Å². The Kier molecular flexibility index (Phi) is 6.04. The SMILES string of the molecule is COc1ccccc1/C=C/S(=O)(=O)NC(=O)c1ccc(Br)cc1Cl. The van der Waals surface area contributed by atoms with Crippen LogP contribution in [0.2, 0.25) is 5.02 Å². The Balaban J connectivity index is 2.19. The summed E-state index contributed by atoms with van der Waals surface area (Å²) in [7, 11) is -2.50. The molecule has 1 amide bonds. The smallest absolute Gasteiger partial charge is 0.266 e. The van der Waals surface area contributed by atoms with E-state index in [1.807, 2.05) is 4.72 Å². The van der Waals surface area contributed by atoms with Crippen LogP contribution in [0, 0.1) is 0 Å². The van der Waals surface area contributed by atoms with Gasteiger partial charge in [-0.1, -0.05) is 45.7 Å². The van der Waals surface area contributed by atoms with Crippen LogP contribution in [0.3, 0.4) is 0 Å². The summed E-state index contributed by atoms with van der Waals surface area (Å²) in [5.74, 6) is -0.289. The molecule has 2 aromatic rings. The van der Waals surface area contributed by atoms with Gasteiger partial charge < -0.3 is 4.74 Å². The Morgan fingerprint density at radius 2 is 1.96 bits per heavy atom. The highest BCUT2D eigenvalue weighted by Gasteiger charge is 2.16. The molecule has 0 heterocycles. The van der Waals surface area contributed by atoms with E-state index in [4.69, 9.17) is 16.3 Å². The minimum atomic E-state index is -3.99. The van der Waals surface area contributed by atoms with Crippen LogP contribution >= 0.6 is 27.5 Å². The summed E-state index contributed by atoms with van der Waals surface area (Å²) in [5.41, 5.74) is 0.633. The highest BCUT2D eigenvalue weighted by Crippen LogP contribution is 2.22. The lowest BCUT2D eigenvalue weighted by Crippen LogP contribution is -2.29. The summed E-state index contributed by atoms with van der Waals surface area (Å²) in [4.78, 5) is 12.1. The number of carbonyl (C=O) groups excluding carboxylic acids is 1. The summed E-state index contributed by atoms with van der Waals surface area (Å²) in [6.45, 7) is 0. The number of methoxy groups -OCH3 is 1. The predicted octanol–water partition coefficient (Wildman–Crippen LogP) is 3.84. The molecule has 0 aromatic heterocycles. The Bertz CT molecular complexity index is 897. The number of sulfonamides is 1. The monoisotopic (exact) mass is 429 g/mol. The van der Waals surface area contributed by atoms with Gasteiger partial charge in [-0.05, 0) is 30.3 Å². The van der Waals surface area contributed by atoms with Crippen molar-refractivity contribution in [2.45, 2.75) is 0 Å². The number of amides is 1. The number of benzene rings is 2. The Morgan fingerprint density at radius 3 is 2.62 bits per heavy atom. The van der Waals surface area contributed by atoms with Gasteiger partial charge >= 0.3 is 0 Å². The number of para-hydroxylation sites is 1. The molecule has 5 nitrogen and oxygen atoms in total. The van der Waals surface area contributed by atoms with Crippen molar-refractivity contribution in [3.63, 3.8) is 0 Å². The van der Waals surface area contributed by atoms with Gasteiger partial charge in [-0.3, -0.25) is 4.79 Å². The number of halogens is 2. The minimum absolute atomic E-state index is 0.0640. The first-order chi connectivity index (χ1) is 11.3. The molecule has 0 aliphatic carbocycles. The van der Waals surface area contributed by atoms with Crippen molar-refractivity contribution in [1.82, 2.24) is 4.72 Å². The van der Waals surface area contributed by atoms with Gasteiger partial charge in [0.25, 0.3) is 15.9 Å². The predicted molar refractivity (Wildman–Crippen MR) is 97.6 cm³/mol. The molecule has 8 heteroatoms. The van der Waals surface area contributed by atoms with Crippen molar-refractivity contribution in [1.29, 1.82) is 0 Å². The van der Waals surface area contributed by atoms with Crippen LogP contribution in [0.1, 0.15) is 15.9 Å². The molecule has 0 spiro atoms. The van der Waals surface area contributed by atoms with Gasteiger partial charge in [-0.25, -0.2) is 13.1 Å². The highest BCUT2D eigenvalue weighted by atomic mass is 79.9. The maximum Gasteiger partial charge on any atom is 0.266 e. The second-order valence-corrected chi connectivity index (χ2v) is 7.53. The van der Waals surface area contributed by atoms with E-state index in [1.54, 1.807) is 30.3 Å². The van der Waals surface area contributed by atoms with Gasteiger partial charge in [0.15, 0.2) is 0 Å². The van der Waals surface area contributed by atoms with Gasteiger partial charge in [-0.2, -0.15) is 0 Å². The molecule has 2 aromatic carbocycles. The number of hydrogen-bond donors (Lipinski definition) is 1. The first-order valence-electron chi connectivity index (χ1n) is 6.66. The second-order valence-electron chi connectivity index (χ2n) is 4.65. The molecule has 24 heavy (non-hydrogen) atoms. The van der Waals surface area contributed by atoms with Gasteiger partial charge in [0.05, 0.1) is 23.1 Å². The number of carbonyl (C=O) groups is 1. The largest absolute Gasteiger partial charge is 0.496 e. The van der Waals surface area contributed by atoms with Crippen LogP contribution in [0.25, 0.3) is 6.08 Å². The third-order valence-electron chi connectivity index (χ3n) is 2.98. The fraction of sp³-hybridized carbons (Fsp3) is 0.0625. The summed E-state index contributed by atoms with van der Waals surface area (Å²) in [6, 6.07) is 11.4. The summed E-state index contributed by atoms with van der Waals surface area (Å²) < 4.78 is 31.9. The lowest BCUT2D eigenvalue weighted by molar-refractivity contribution is 0.0982. The second kappa shape index (κ2) is 7.83. The van der Waals surface area contributed by atoms with E-state index in [2.05, 4.69) is 15.9 Å². The van der Waals surface area contributed by atoms with Crippen molar-refractivity contribution in [3.8, 4) is 5.75 Å². The van der Waals surface area contributed by atoms with Gasteiger partial charge in [-0.15, -0.1) is 0 Å². The molecule has 0 unspecified atom stereocenters. The molecular weight excluding hydrogens is 418 g/mol. The van der Waals surface area contributed by atoms with E-state index in [9.17, 15) is 13.2 Å². The summed E-state index contributed by atoms with van der Waals surface area (Å²) in [6.07, 6.45) is 1.34. The molecule has 0 saturated heterocycles. The Morgan fingerprint density at radius 1 is 1.25 bits per heavy atom. The Labute approximate surface area is 153 Å². The van der Waals surface area contributed by atoms with Gasteiger partial charge in [0.1, 0.15) is 5.75 Å². The van der Waals surface area contributed by atoms with Gasteiger partial charge in [0, 0.05) is 10.0 Å². The van der Waals surface area contributed by atoms with E-state index in [0.717, 1.165) is 5.41 Å². The van der Waals surface area contributed by atoms with E-state index in [0.29, 0.717) is 15.8 Å². The molecule has 2 rings (SSSR count). The lowest BCUT2D eigenvalue weighted by Gasteiger charge is -2.06. The highest BCUT2D eigenvalue weighted by molar-refractivity contribution is 9.10. The zero-order valence-corrected chi connectivity index (χ0v) is 15.7. The molecular formula is C16H13BrClNO4S.